The molecule has 31 heavy (non-hydrogen) atoms. The van der Waals surface area contributed by atoms with Gasteiger partial charge in [0.25, 0.3) is 5.91 Å². The van der Waals surface area contributed by atoms with Crippen molar-refractivity contribution in [2.24, 2.45) is 0 Å². The third kappa shape index (κ3) is 3.47. The van der Waals surface area contributed by atoms with Crippen molar-refractivity contribution in [3.8, 4) is 17.1 Å². The smallest absolute Gasteiger partial charge is 0.256 e. The second-order valence-corrected chi connectivity index (χ2v) is 8.00. The Hall–Kier alpha value is -3.23. The van der Waals surface area contributed by atoms with Crippen LogP contribution in [-0.4, -0.2) is 42.5 Å². The molecule has 1 aliphatic rings. The van der Waals surface area contributed by atoms with E-state index in [1.165, 1.54) is 4.80 Å². The van der Waals surface area contributed by atoms with Crippen LogP contribution in [0.3, 0.4) is 0 Å². The van der Waals surface area contributed by atoms with Gasteiger partial charge >= 0.3 is 0 Å². The van der Waals surface area contributed by atoms with Crippen LogP contribution in [0, 0.1) is 6.92 Å². The number of amides is 1. The van der Waals surface area contributed by atoms with Crippen LogP contribution in [0.2, 0.25) is 10.0 Å². The van der Waals surface area contributed by atoms with E-state index in [1.54, 1.807) is 35.5 Å². The average molecular weight is 455 g/mol. The van der Waals surface area contributed by atoms with E-state index in [2.05, 4.69) is 20.3 Å². The van der Waals surface area contributed by atoms with E-state index in [1.807, 2.05) is 25.1 Å². The van der Waals surface area contributed by atoms with Crippen LogP contribution in [-0.2, 0) is 0 Å². The summed E-state index contributed by atoms with van der Waals surface area (Å²) in [4.78, 5) is 20.9. The number of benzene rings is 2. The van der Waals surface area contributed by atoms with E-state index in [-0.39, 0.29) is 11.9 Å². The molecule has 1 aliphatic heterocycles. The molecule has 10 heteroatoms. The summed E-state index contributed by atoms with van der Waals surface area (Å²) in [6.45, 7) is 2.48. The van der Waals surface area contributed by atoms with Gasteiger partial charge in [-0.05, 0) is 43.2 Å². The van der Waals surface area contributed by atoms with Crippen LogP contribution in [0.1, 0.15) is 34.3 Å². The number of aromatic nitrogens is 5. The number of nitrogens with zero attached hydrogens (tertiary/aromatic N) is 6. The molecule has 4 aromatic rings. The molecule has 0 saturated carbocycles. The fourth-order valence-corrected chi connectivity index (χ4v) is 3.90. The quantitative estimate of drug-likeness (QED) is 0.450. The number of halogens is 2. The summed E-state index contributed by atoms with van der Waals surface area (Å²) in [6, 6.07) is 10.2. The minimum absolute atomic E-state index is 0.182. The van der Waals surface area contributed by atoms with E-state index >= 15 is 0 Å². The predicted molar refractivity (Wildman–Crippen MR) is 114 cm³/mol. The molecular formula is C21H16Cl2N6O2. The molecule has 1 amide bonds. The highest BCUT2D eigenvalue weighted by Gasteiger charge is 2.39. The maximum Gasteiger partial charge on any atom is 0.256 e. The molecule has 1 unspecified atom stereocenters. The van der Waals surface area contributed by atoms with Crippen LogP contribution >= 0.6 is 23.2 Å². The molecule has 0 radical (unpaired) electrons. The standard InChI is InChI=1S/C21H16Cl2N6O2/c1-12-14(3-2-4-16(12)23)19-26-20(31-27-19)17-7-10-28(17)21(30)15-6-5-13(22)11-18(15)29-24-8-9-25-29/h2-6,8-9,11,17H,7,10H2,1H3. The molecule has 1 fully saturated rings. The van der Waals surface area contributed by atoms with Gasteiger partial charge in [0.1, 0.15) is 6.04 Å². The zero-order valence-electron chi connectivity index (χ0n) is 16.4. The van der Waals surface area contributed by atoms with E-state index in [0.29, 0.717) is 39.6 Å². The first-order valence-electron chi connectivity index (χ1n) is 9.59. The van der Waals surface area contributed by atoms with Crippen molar-refractivity contribution in [3.63, 3.8) is 0 Å². The Morgan fingerprint density at radius 1 is 1.16 bits per heavy atom. The highest BCUT2D eigenvalue weighted by atomic mass is 35.5. The number of rotatable bonds is 4. The topological polar surface area (TPSA) is 89.9 Å². The van der Waals surface area contributed by atoms with Gasteiger partial charge in [-0.2, -0.15) is 20.0 Å². The van der Waals surface area contributed by atoms with Gasteiger partial charge in [-0.25, -0.2) is 0 Å². The van der Waals surface area contributed by atoms with Gasteiger partial charge in [0.2, 0.25) is 11.7 Å². The Bertz CT molecular complexity index is 1270. The van der Waals surface area contributed by atoms with Crippen molar-refractivity contribution in [2.75, 3.05) is 6.54 Å². The third-order valence-corrected chi connectivity index (χ3v) is 5.98. The minimum atomic E-state index is -0.303. The number of hydrogen-bond acceptors (Lipinski definition) is 6. The maximum absolute atomic E-state index is 13.3. The van der Waals surface area contributed by atoms with Crippen LogP contribution < -0.4 is 0 Å². The summed E-state index contributed by atoms with van der Waals surface area (Å²) in [6.07, 6.45) is 3.81. The Morgan fingerprint density at radius 2 is 1.97 bits per heavy atom. The first-order valence-corrected chi connectivity index (χ1v) is 10.3. The molecule has 0 aliphatic carbocycles. The summed E-state index contributed by atoms with van der Waals surface area (Å²) in [5.41, 5.74) is 2.62. The maximum atomic E-state index is 13.3. The molecule has 2 aromatic heterocycles. The van der Waals surface area contributed by atoms with E-state index in [9.17, 15) is 4.79 Å². The summed E-state index contributed by atoms with van der Waals surface area (Å²) in [5.74, 6) is 0.655. The number of hydrogen-bond donors (Lipinski definition) is 0. The molecule has 3 heterocycles. The second-order valence-electron chi connectivity index (χ2n) is 7.15. The van der Waals surface area contributed by atoms with Gasteiger partial charge in [-0.1, -0.05) is 40.5 Å². The molecule has 8 nitrogen and oxygen atoms in total. The van der Waals surface area contributed by atoms with Crippen LogP contribution in [0.4, 0.5) is 0 Å². The number of likely N-dealkylation sites (tertiary alicyclic amines) is 1. The molecule has 1 saturated heterocycles. The molecule has 156 valence electrons. The lowest BCUT2D eigenvalue weighted by Crippen LogP contribution is -2.45. The average Bonchev–Trinajstić information content (AvgIpc) is 3.41. The Labute approximate surface area is 187 Å². The van der Waals surface area contributed by atoms with Gasteiger partial charge in [-0.15, -0.1) is 0 Å². The minimum Gasteiger partial charge on any atom is -0.337 e. The van der Waals surface area contributed by atoms with Gasteiger partial charge in [0.05, 0.1) is 23.6 Å². The second kappa shape index (κ2) is 7.79. The third-order valence-electron chi connectivity index (χ3n) is 5.34. The molecule has 5 rings (SSSR count). The Kier molecular flexibility index (Phi) is 4.95. The van der Waals surface area contributed by atoms with Crippen molar-refractivity contribution in [2.45, 2.75) is 19.4 Å². The molecule has 0 N–H and O–H groups in total. The van der Waals surface area contributed by atoms with Gasteiger partial charge in [-0.3, -0.25) is 4.79 Å². The van der Waals surface area contributed by atoms with E-state index < -0.39 is 0 Å². The largest absolute Gasteiger partial charge is 0.337 e. The van der Waals surface area contributed by atoms with Gasteiger partial charge in [0, 0.05) is 22.2 Å². The number of carbonyl (C=O) groups is 1. The fraction of sp³-hybridized carbons (Fsp3) is 0.190. The lowest BCUT2D eigenvalue weighted by molar-refractivity contribution is 0.0378. The van der Waals surface area contributed by atoms with Crippen molar-refractivity contribution in [1.29, 1.82) is 0 Å². The molecule has 1 atom stereocenters. The lowest BCUT2D eigenvalue weighted by atomic mass is 10.00. The Morgan fingerprint density at radius 3 is 2.71 bits per heavy atom. The lowest BCUT2D eigenvalue weighted by Gasteiger charge is -2.38. The van der Waals surface area contributed by atoms with Crippen LogP contribution in [0.15, 0.2) is 53.3 Å². The highest BCUT2D eigenvalue weighted by molar-refractivity contribution is 6.31. The van der Waals surface area contributed by atoms with Gasteiger partial charge < -0.3 is 9.42 Å². The first kappa shape index (κ1) is 19.7. The predicted octanol–water partition coefficient (Wildman–Crippen LogP) is 4.52. The van der Waals surface area contributed by atoms with Crippen molar-refractivity contribution in [3.05, 3.63) is 75.9 Å². The number of carbonyl (C=O) groups excluding carboxylic acids is 1. The fourth-order valence-electron chi connectivity index (χ4n) is 3.56. The molecular weight excluding hydrogens is 439 g/mol. The molecule has 2 aromatic carbocycles. The van der Waals surface area contributed by atoms with Crippen LogP contribution in [0.25, 0.3) is 17.1 Å². The normalized spacial score (nSPS) is 15.7. The zero-order valence-corrected chi connectivity index (χ0v) is 17.9. The zero-order chi connectivity index (χ0) is 21.5. The van der Waals surface area contributed by atoms with Crippen LogP contribution in [0.5, 0.6) is 0 Å². The SMILES string of the molecule is Cc1c(Cl)cccc1-c1noc(C2CCN2C(=O)c2ccc(Cl)cc2-n2nccn2)n1. The van der Waals surface area contributed by atoms with Crippen molar-refractivity contribution < 1.29 is 9.32 Å². The van der Waals surface area contributed by atoms with E-state index in [0.717, 1.165) is 17.5 Å². The Balaban J connectivity index is 1.44. The summed E-state index contributed by atoms with van der Waals surface area (Å²) < 4.78 is 5.51. The summed E-state index contributed by atoms with van der Waals surface area (Å²) >= 11 is 12.4. The summed E-state index contributed by atoms with van der Waals surface area (Å²) in [5, 5.41) is 13.5. The van der Waals surface area contributed by atoms with Crippen molar-refractivity contribution in [1.82, 2.24) is 30.0 Å². The highest BCUT2D eigenvalue weighted by Crippen LogP contribution is 2.36. The van der Waals surface area contributed by atoms with E-state index in [4.69, 9.17) is 27.7 Å². The molecule has 0 bridgehead atoms. The van der Waals surface area contributed by atoms with Crippen molar-refractivity contribution >= 4 is 29.1 Å². The monoisotopic (exact) mass is 454 g/mol. The van der Waals surface area contributed by atoms with Gasteiger partial charge in [0.15, 0.2) is 0 Å². The molecule has 0 spiro atoms. The summed E-state index contributed by atoms with van der Waals surface area (Å²) in [7, 11) is 0. The first-order chi connectivity index (χ1) is 15.0.